The molecule has 2 heterocycles. The van der Waals surface area contributed by atoms with Gasteiger partial charge < -0.3 is 0 Å². The zero-order chi connectivity index (χ0) is 8.39. The summed E-state index contributed by atoms with van der Waals surface area (Å²) < 4.78 is 1.92. The number of nitrogens with zero attached hydrogens (tertiary/aromatic N) is 3. The van der Waals surface area contributed by atoms with Crippen LogP contribution in [0.15, 0.2) is 24.0 Å². The molecule has 0 fully saturated rings. The second-order valence-corrected chi connectivity index (χ2v) is 3.59. The van der Waals surface area contributed by atoms with E-state index >= 15 is 0 Å². The van der Waals surface area contributed by atoms with E-state index in [1.54, 1.807) is 11.3 Å². The zero-order valence-electron chi connectivity index (χ0n) is 6.77. The van der Waals surface area contributed by atoms with Crippen molar-refractivity contribution in [3.8, 4) is 0 Å². The van der Waals surface area contributed by atoms with Crippen LogP contribution in [-0.2, 0) is 6.54 Å². The van der Waals surface area contributed by atoms with Gasteiger partial charge in [0.1, 0.15) is 0 Å². The summed E-state index contributed by atoms with van der Waals surface area (Å²) >= 11 is 1.66. The molecule has 62 valence electrons. The number of hydrogen-bond acceptors (Lipinski definition) is 3. The maximum absolute atomic E-state index is 4.28. The van der Waals surface area contributed by atoms with E-state index < -0.39 is 0 Å². The highest BCUT2D eigenvalue weighted by molar-refractivity contribution is 7.09. The fourth-order valence-corrected chi connectivity index (χ4v) is 1.62. The van der Waals surface area contributed by atoms with Gasteiger partial charge in [0, 0.05) is 17.3 Å². The largest absolute Gasteiger partial charge is 0.267 e. The van der Waals surface area contributed by atoms with E-state index in [9.17, 15) is 0 Å². The van der Waals surface area contributed by atoms with E-state index in [2.05, 4.69) is 10.1 Å². The SMILES string of the molecule is Cc1ccn(Cc2cncs2)n1. The third kappa shape index (κ3) is 1.53. The summed E-state index contributed by atoms with van der Waals surface area (Å²) in [6.45, 7) is 2.82. The summed E-state index contributed by atoms with van der Waals surface area (Å²) in [5.74, 6) is 0. The first-order valence-corrected chi connectivity index (χ1v) is 4.60. The van der Waals surface area contributed by atoms with Crippen LogP contribution in [0.2, 0.25) is 0 Å². The molecule has 0 spiro atoms. The number of aromatic nitrogens is 3. The smallest absolute Gasteiger partial charge is 0.0794 e. The van der Waals surface area contributed by atoms with Gasteiger partial charge >= 0.3 is 0 Å². The summed E-state index contributed by atoms with van der Waals surface area (Å²) in [5.41, 5.74) is 2.89. The van der Waals surface area contributed by atoms with Gasteiger partial charge in [-0.2, -0.15) is 5.10 Å². The van der Waals surface area contributed by atoms with E-state index in [0.717, 1.165) is 12.2 Å². The molecule has 12 heavy (non-hydrogen) atoms. The van der Waals surface area contributed by atoms with Crippen molar-refractivity contribution in [1.29, 1.82) is 0 Å². The van der Waals surface area contributed by atoms with Crippen molar-refractivity contribution in [3.05, 3.63) is 34.5 Å². The van der Waals surface area contributed by atoms with Gasteiger partial charge in [-0.3, -0.25) is 9.67 Å². The molecular weight excluding hydrogens is 170 g/mol. The predicted octanol–water partition coefficient (Wildman–Crippen LogP) is 1.70. The Balaban J connectivity index is 2.14. The lowest BCUT2D eigenvalue weighted by atomic mass is 10.5. The number of hydrogen-bond donors (Lipinski definition) is 0. The zero-order valence-corrected chi connectivity index (χ0v) is 7.58. The summed E-state index contributed by atoms with van der Waals surface area (Å²) in [7, 11) is 0. The van der Waals surface area contributed by atoms with Gasteiger partial charge in [0.2, 0.25) is 0 Å². The molecule has 0 aliphatic rings. The number of rotatable bonds is 2. The van der Waals surface area contributed by atoms with Crippen LogP contribution in [0.1, 0.15) is 10.6 Å². The Labute approximate surface area is 74.7 Å². The number of thiazole rings is 1. The minimum atomic E-state index is 0.832. The Morgan fingerprint density at radius 2 is 2.50 bits per heavy atom. The van der Waals surface area contributed by atoms with Crippen LogP contribution in [-0.4, -0.2) is 14.8 Å². The van der Waals surface area contributed by atoms with Crippen molar-refractivity contribution in [2.75, 3.05) is 0 Å². The van der Waals surface area contributed by atoms with Gasteiger partial charge in [0.25, 0.3) is 0 Å². The highest BCUT2D eigenvalue weighted by atomic mass is 32.1. The summed E-state index contributed by atoms with van der Waals surface area (Å²) in [6.07, 6.45) is 3.86. The fraction of sp³-hybridized carbons (Fsp3) is 0.250. The Bertz CT molecular complexity index is 350. The minimum absolute atomic E-state index is 0.832. The van der Waals surface area contributed by atoms with E-state index in [-0.39, 0.29) is 0 Å². The average Bonchev–Trinajstić information content (AvgIpc) is 2.63. The quantitative estimate of drug-likeness (QED) is 0.702. The maximum atomic E-state index is 4.28. The predicted molar refractivity (Wildman–Crippen MR) is 48.2 cm³/mol. The van der Waals surface area contributed by atoms with Crippen molar-refractivity contribution in [2.45, 2.75) is 13.5 Å². The lowest BCUT2D eigenvalue weighted by molar-refractivity contribution is 0.686. The first kappa shape index (κ1) is 7.49. The summed E-state index contributed by atoms with van der Waals surface area (Å²) in [5, 5.41) is 4.28. The van der Waals surface area contributed by atoms with Crippen LogP contribution < -0.4 is 0 Å². The Morgan fingerprint density at radius 3 is 3.08 bits per heavy atom. The van der Waals surface area contributed by atoms with Crippen molar-refractivity contribution >= 4 is 11.3 Å². The van der Waals surface area contributed by atoms with Crippen molar-refractivity contribution < 1.29 is 0 Å². The molecule has 0 radical (unpaired) electrons. The van der Waals surface area contributed by atoms with Crippen molar-refractivity contribution in [3.63, 3.8) is 0 Å². The molecule has 0 aromatic carbocycles. The first-order chi connectivity index (χ1) is 5.84. The van der Waals surface area contributed by atoms with E-state index in [1.165, 1.54) is 4.88 Å². The summed E-state index contributed by atoms with van der Waals surface area (Å²) in [4.78, 5) is 5.24. The normalized spacial score (nSPS) is 10.4. The number of aryl methyl sites for hydroxylation is 1. The fourth-order valence-electron chi connectivity index (χ4n) is 1.03. The van der Waals surface area contributed by atoms with Crippen LogP contribution >= 0.6 is 11.3 Å². The van der Waals surface area contributed by atoms with Crippen LogP contribution in [0.25, 0.3) is 0 Å². The maximum Gasteiger partial charge on any atom is 0.0794 e. The van der Waals surface area contributed by atoms with Gasteiger partial charge in [-0.25, -0.2) is 0 Å². The minimum Gasteiger partial charge on any atom is -0.267 e. The van der Waals surface area contributed by atoms with Gasteiger partial charge in [-0.15, -0.1) is 11.3 Å². The topological polar surface area (TPSA) is 30.7 Å². The molecule has 0 amide bonds. The molecule has 0 bridgehead atoms. The molecule has 0 unspecified atom stereocenters. The average molecular weight is 179 g/mol. The van der Waals surface area contributed by atoms with E-state index in [4.69, 9.17) is 0 Å². The monoisotopic (exact) mass is 179 g/mol. The third-order valence-corrected chi connectivity index (χ3v) is 2.34. The third-order valence-electron chi connectivity index (χ3n) is 1.58. The van der Waals surface area contributed by atoms with Crippen LogP contribution in [0.5, 0.6) is 0 Å². The highest BCUT2D eigenvalue weighted by Gasteiger charge is 1.97. The second-order valence-electron chi connectivity index (χ2n) is 2.62. The molecule has 0 saturated carbocycles. The Morgan fingerprint density at radius 1 is 1.58 bits per heavy atom. The first-order valence-electron chi connectivity index (χ1n) is 3.72. The Hall–Kier alpha value is -1.16. The van der Waals surface area contributed by atoms with Crippen LogP contribution in [0.3, 0.4) is 0 Å². The highest BCUT2D eigenvalue weighted by Crippen LogP contribution is 2.07. The molecule has 3 nitrogen and oxygen atoms in total. The lowest BCUT2D eigenvalue weighted by Gasteiger charge is -1.95. The van der Waals surface area contributed by atoms with Crippen molar-refractivity contribution in [2.24, 2.45) is 0 Å². The van der Waals surface area contributed by atoms with E-state index in [0.29, 0.717) is 0 Å². The van der Waals surface area contributed by atoms with Gasteiger partial charge in [0.15, 0.2) is 0 Å². The van der Waals surface area contributed by atoms with Crippen LogP contribution in [0, 0.1) is 6.92 Å². The van der Waals surface area contributed by atoms with Gasteiger partial charge in [-0.05, 0) is 13.0 Å². The molecule has 4 heteroatoms. The Kier molecular flexibility index (Phi) is 1.91. The molecule has 2 rings (SSSR count). The van der Waals surface area contributed by atoms with Gasteiger partial charge in [-0.1, -0.05) is 0 Å². The molecule has 2 aromatic heterocycles. The molecule has 2 aromatic rings. The lowest BCUT2D eigenvalue weighted by Crippen LogP contribution is -1.98. The molecule has 0 N–H and O–H groups in total. The molecular formula is C8H9N3S. The standard InChI is InChI=1S/C8H9N3S/c1-7-2-3-11(10-7)5-8-4-9-6-12-8/h2-4,6H,5H2,1H3. The van der Waals surface area contributed by atoms with E-state index in [1.807, 2.05) is 35.6 Å². The molecule has 0 saturated heterocycles. The summed E-state index contributed by atoms with van der Waals surface area (Å²) in [6, 6.07) is 2.00. The van der Waals surface area contributed by atoms with Gasteiger partial charge in [0.05, 0.1) is 17.7 Å². The van der Waals surface area contributed by atoms with Crippen LogP contribution in [0.4, 0.5) is 0 Å². The molecule has 0 aliphatic heterocycles. The molecule has 0 atom stereocenters. The second kappa shape index (κ2) is 3.06. The van der Waals surface area contributed by atoms with Crippen molar-refractivity contribution in [1.82, 2.24) is 14.8 Å². The molecule has 0 aliphatic carbocycles.